The van der Waals surface area contributed by atoms with Crippen LogP contribution in [0.3, 0.4) is 0 Å². The number of hydrogen-bond donors (Lipinski definition) is 3. The van der Waals surface area contributed by atoms with Crippen molar-refractivity contribution < 1.29 is 23.4 Å². The van der Waals surface area contributed by atoms with E-state index in [-0.39, 0.29) is 18.3 Å². The molecule has 8 nitrogen and oxygen atoms in total. The van der Waals surface area contributed by atoms with Crippen LogP contribution < -0.4 is 15.4 Å². The molecular weight excluding hydrogens is 420 g/mol. The first-order valence-electron chi connectivity index (χ1n) is 9.60. The minimum Gasteiger partial charge on any atom is -0.435 e. The van der Waals surface area contributed by atoms with E-state index in [1.165, 1.54) is 19.2 Å². The number of ether oxygens (including phenoxy) is 1. The molecule has 4 rings (SSSR count). The van der Waals surface area contributed by atoms with Crippen molar-refractivity contribution in [1.29, 1.82) is 0 Å². The first-order chi connectivity index (χ1) is 15.5. The summed E-state index contributed by atoms with van der Waals surface area (Å²) in [7, 11) is 1.52. The lowest BCUT2D eigenvalue weighted by Gasteiger charge is -2.11. The number of imidazole rings is 1. The summed E-state index contributed by atoms with van der Waals surface area (Å²) in [5, 5.41) is 15.3. The molecular formula is C22H19F2N5O3. The summed E-state index contributed by atoms with van der Waals surface area (Å²) in [6, 6.07) is 11.3. The van der Waals surface area contributed by atoms with Crippen LogP contribution in [0, 0.1) is 0 Å². The molecule has 0 saturated heterocycles. The minimum atomic E-state index is -2.88. The van der Waals surface area contributed by atoms with E-state index in [1.54, 1.807) is 48.9 Å². The number of fused-ring (bicyclic) bond motifs is 1. The lowest BCUT2D eigenvalue weighted by Crippen LogP contribution is -2.19. The van der Waals surface area contributed by atoms with E-state index in [1.807, 2.05) is 4.40 Å². The molecule has 0 radical (unpaired) electrons. The van der Waals surface area contributed by atoms with Crippen LogP contribution in [-0.4, -0.2) is 39.0 Å². The zero-order chi connectivity index (χ0) is 22.7. The fourth-order valence-corrected chi connectivity index (χ4v) is 3.32. The normalized spacial score (nSPS) is 11.0. The average molecular weight is 439 g/mol. The van der Waals surface area contributed by atoms with Crippen LogP contribution in [0.5, 0.6) is 5.75 Å². The Morgan fingerprint density at radius 1 is 1.19 bits per heavy atom. The number of rotatable bonds is 7. The van der Waals surface area contributed by atoms with Crippen LogP contribution in [-0.2, 0) is 6.61 Å². The number of halogens is 2. The van der Waals surface area contributed by atoms with E-state index >= 15 is 0 Å². The SMILES string of the molecule is CNC(=O)c1ccc(Nc2nccn3c(-c4ccc(OC(F)F)cc4)cnc23)cc1CO. The van der Waals surface area contributed by atoms with Gasteiger partial charge in [-0.2, -0.15) is 8.78 Å². The molecule has 2 aromatic heterocycles. The Morgan fingerprint density at radius 2 is 1.97 bits per heavy atom. The maximum absolute atomic E-state index is 12.4. The van der Waals surface area contributed by atoms with Crippen molar-refractivity contribution in [2.45, 2.75) is 13.2 Å². The third kappa shape index (κ3) is 4.21. The first-order valence-corrected chi connectivity index (χ1v) is 9.60. The molecule has 2 heterocycles. The van der Waals surface area contributed by atoms with Crippen molar-refractivity contribution in [3.05, 3.63) is 72.2 Å². The molecule has 0 aliphatic carbocycles. The van der Waals surface area contributed by atoms with Gasteiger partial charge in [-0.1, -0.05) is 0 Å². The van der Waals surface area contributed by atoms with Crippen LogP contribution in [0.25, 0.3) is 16.9 Å². The second-order valence-electron chi connectivity index (χ2n) is 6.75. The van der Waals surface area contributed by atoms with Crippen molar-refractivity contribution in [3.8, 4) is 17.0 Å². The molecule has 0 bridgehead atoms. The number of nitrogens with zero attached hydrogens (tertiary/aromatic N) is 3. The molecule has 10 heteroatoms. The van der Waals surface area contributed by atoms with Crippen LogP contribution in [0.4, 0.5) is 20.3 Å². The number of aromatic nitrogens is 3. The second-order valence-corrected chi connectivity index (χ2v) is 6.75. The molecule has 0 spiro atoms. The predicted octanol–water partition coefficient (Wildman–Crippen LogP) is 3.59. The number of carbonyl (C=O) groups excluding carboxylic acids is 1. The van der Waals surface area contributed by atoms with E-state index < -0.39 is 6.61 Å². The lowest BCUT2D eigenvalue weighted by molar-refractivity contribution is -0.0498. The highest BCUT2D eigenvalue weighted by Gasteiger charge is 2.14. The topological polar surface area (TPSA) is 101 Å². The van der Waals surface area contributed by atoms with Crippen LogP contribution in [0.15, 0.2) is 61.1 Å². The largest absolute Gasteiger partial charge is 0.435 e. The molecule has 3 N–H and O–H groups in total. The molecule has 0 atom stereocenters. The molecule has 1 amide bonds. The van der Waals surface area contributed by atoms with Gasteiger partial charge in [-0.3, -0.25) is 9.20 Å². The van der Waals surface area contributed by atoms with Crippen LogP contribution in [0.1, 0.15) is 15.9 Å². The van der Waals surface area contributed by atoms with Gasteiger partial charge in [-0.25, -0.2) is 9.97 Å². The summed E-state index contributed by atoms with van der Waals surface area (Å²) in [5.41, 5.74) is 3.51. The van der Waals surface area contributed by atoms with Gasteiger partial charge in [0.1, 0.15) is 5.75 Å². The van der Waals surface area contributed by atoms with Gasteiger partial charge < -0.3 is 20.5 Å². The van der Waals surface area contributed by atoms with Gasteiger partial charge in [0.25, 0.3) is 5.91 Å². The van der Waals surface area contributed by atoms with Crippen molar-refractivity contribution in [2.24, 2.45) is 0 Å². The number of aliphatic hydroxyl groups is 1. The summed E-state index contributed by atoms with van der Waals surface area (Å²) < 4.78 is 30.9. The summed E-state index contributed by atoms with van der Waals surface area (Å²) in [5.74, 6) is 0.248. The van der Waals surface area contributed by atoms with Crippen molar-refractivity contribution in [2.75, 3.05) is 12.4 Å². The Bertz CT molecular complexity index is 1260. The van der Waals surface area contributed by atoms with Gasteiger partial charge >= 0.3 is 6.61 Å². The maximum Gasteiger partial charge on any atom is 0.387 e. The summed E-state index contributed by atoms with van der Waals surface area (Å²) in [6.07, 6.45) is 4.99. The van der Waals surface area contributed by atoms with E-state index in [0.29, 0.717) is 28.3 Å². The fraction of sp³-hybridized carbons (Fsp3) is 0.136. The molecule has 4 aromatic rings. The monoisotopic (exact) mass is 439 g/mol. The van der Waals surface area contributed by atoms with Gasteiger partial charge in [-0.05, 0) is 48.0 Å². The Kier molecular flexibility index (Phi) is 5.95. The number of aliphatic hydroxyl groups excluding tert-OH is 1. The number of carbonyl (C=O) groups is 1. The van der Waals surface area contributed by atoms with Crippen LogP contribution >= 0.6 is 0 Å². The van der Waals surface area contributed by atoms with Gasteiger partial charge in [0.15, 0.2) is 11.5 Å². The van der Waals surface area contributed by atoms with Gasteiger partial charge in [0, 0.05) is 36.3 Å². The third-order valence-electron chi connectivity index (χ3n) is 4.81. The highest BCUT2D eigenvalue weighted by Crippen LogP contribution is 2.27. The molecule has 2 aromatic carbocycles. The number of nitrogens with one attached hydrogen (secondary N) is 2. The third-order valence-corrected chi connectivity index (χ3v) is 4.81. The summed E-state index contributed by atoms with van der Waals surface area (Å²) in [6.45, 7) is -3.18. The molecule has 0 aliphatic rings. The number of hydrogen-bond acceptors (Lipinski definition) is 6. The number of amides is 1. The van der Waals surface area contributed by atoms with E-state index in [4.69, 9.17) is 0 Å². The smallest absolute Gasteiger partial charge is 0.387 e. The van der Waals surface area contributed by atoms with E-state index in [9.17, 15) is 18.7 Å². The lowest BCUT2D eigenvalue weighted by atomic mass is 10.1. The van der Waals surface area contributed by atoms with E-state index in [2.05, 4.69) is 25.3 Å². The summed E-state index contributed by atoms with van der Waals surface area (Å²) in [4.78, 5) is 20.7. The molecule has 164 valence electrons. The van der Waals surface area contributed by atoms with Crippen LogP contribution in [0.2, 0.25) is 0 Å². The molecule has 32 heavy (non-hydrogen) atoms. The van der Waals surface area contributed by atoms with Gasteiger partial charge in [-0.15, -0.1) is 0 Å². The molecule has 0 unspecified atom stereocenters. The molecule has 0 aliphatic heterocycles. The standard InChI is InChI=1S/C22H19F2N5O3/c1-25-21(31)17-7-4-15(10-14(17)12-30)28-19-20-27-11-18(29(20)9-8-26-19)13-2-5-16(6-3-13)32-22(23)24/h2-11,22,30H,12H2,1H3,(H,25,31)(H,26,28). The van der Waals surface area contributed by atoms with Crippen molar-refractivity contribution >= 4 is 23.1 Å². The fourth-order valence-electron chi connectivity index (χ4n) is 3.32. The van der Waals surface area contributed by atoms with E-state index in [0.717, 1.165) is 11.3 Å². The maximum atomic E-state index is 12.4. The van der Waals surface area contributed by atoms with Gasteiger partial charge in [0.2, 0.25) is 0 Å². The molecule has 0 saturated carbocycles. The minimum absolute atomic E-state index is 0.0708. The quantitative estimate of drug-likeness (QED) is 0.407. The first kappa shape index (κ1) is 21.2. The molecule has 0 fully saturated rings. The number of alkyl halides is 2. The van der Waals surface area contributed by atoms with Crippen molar-refractivity contribution in [1.82, 2.24) is 19.7 Å². The van der Waals surface area contributed by atoms with Gasteiger partial charge in [0.05, 0.1) is 18.5 Å². The predicted molar refractivity (Wildman–Crippen MR) is 114 cm³/mol. The second kappa shape index (κ2) is 8.98. The zero-order valence-corrected chi connectivity index (χ0v) is 16.9. The Labute approximate surface area is 181 Å². The Hall–Kier alpha value is -4.05. The number of anilines is 2. The number of benzene rings is 2. The highest BCUT2D eigenvalue weighted by molar-refractivity contribution is 5.96. The Morgan fingerprint density at radius 3 is 2.66 bits per heavy atom. The Balaban J connectivity index is 1.65. The summed E-state index contributed by atoms with van der Waals surface area (Å²) >= 11 is 0. The highest BCUT2D eigenvalue weighted by atomic mass is 19.3. The zero-order valence-electron chi connectivity index (χ0n) is 16.9. The van der Waals surface area contributed by atoms with Crippen molar-refractivity contribution in [3.63, 3.8) is 0 Å². The average Bonchev–Trinajstić information content (AvgIpc) is 3.24.